The third-order valence-electron chi connectivity index (χ3n) is 2.71. The largest absolute Gasteiger partial charge is 0.478 e. The summed E-state index contributed by atoms with van der Waals surface area (Å²) in [7, 11) is 0. The van der Waals surface area contributed by atoms with Crippen LogP contribution in [0.4, 0.5) is 0 Å². The molecule has 1 aromatic rings. The maximum Gasteiger partial charge on any atom is 0.347 e. The highest BCUT2D eigenvalue weighted by atomic mass is 16.6. The molecule has 0 fully saturated rings. The average Bonchev–Trinajstić information content (AvgIpc) is 2.33. The van der Waals surface area contributed by atoms with Gasteiger partial charge in [0.05, 0.1) is 6.61 Å². The zero-order valence-electron chi connectivity index (χ0n) is 11.7. The molecule has 0 aliphatic heterocycles. The number of rotatable bonds is 6. The van der Waals surface area contributed by atoms with E-state index in [4.69, 9.17) is 9.47 Å². The van der Waals surface area contributed by atoms with Crippen LogP contribution in [0.2, 0.25) is 0 Å². The second-order valence-corrected chi connectivity index (χ2v) is 4.42. The van der Waals surface area contributed by atoms with E-state index in [1.165, 1.54) is 0 Å². The summed E-state index contributed by atoms with van der Waals surface area (Å²) in [4.78, 5) is 11.8. The Labute approximate surface area is 109 Å². The summed E-state index contributed by atoms with van der Waals surface area (Å²) >= 11 is 0. The van der Waals surface area contributed by atoms with Crippen LogP contribution in [0, 0.1) is 13.8 Å². The van der Waals surface area contributed by atoms with Gasteiger partial charge in [-0.25, -0.2) is 4.79 Å². The zero-order chi connectivity index (χ0) is 13.5. The molecule has 1 rings (SSSR count). The van der Waals surface area contributed by atoms with Crippen molar-refractivity contribution >= 4 is 5.97 Å². The number of aryl methyl sites for hydroxylation is 2. The molecule has 0 heterocycles. The van der Waals surface area contributed by atoms with E-state index in [9.17, 15) is 4.79 Å². The molecule has 0 aliphatic rings. The number of hydrogen-bond acceptors (Lipinski definition) is 3. The molecule has 18 heavy (non-hydrogen) atoms. The highest BCUT2D eigenvalue weighted by Crippen LogP contribution is 2.22. The minimum Gasteiger partial charge on any atom is -0.478 e. The van der Waals surface area contributed by atoms with Crippen molar-refractivity contribution in [2.24, 2.45) is 0 Å². The Hall–Kier alpha value is -1.51. The van der Waals surface area contributed by atoms with Crippen molar-refractivity contribution in [2.75, 3.05) is 6.61 Å². The van der Waals surface area contributed by atoms with Crippen LogP contribution in [0.5, 0.6) is 5.75 Å². The zero-order valence-corrected chi connectivity index (χ0v) is 11.7. The van der Waals surface area contributed by atoms with Gasteiger partial charge in [-0.15, -0.1) is 0 Å². The van der Waals surface area contributed by atoms with Crippen LogP contribution in [0.1, 0.15) is 37.8 Å². The van der Waals surface area contributed by atoms with E-state index in [0.29, 0.717) is 13.0 Å². The fraction of sp³-hybridized carbons (Fsp3) is 0.533. The van der Waals surface area contributed by atoms with E-state index in [2.05, 4.69) is 0 Å². The van der Waals surface area contributed by atoms with Crippen molar-refractivity contribution in [2.45, 2.75) is 46.6 Å². The quantitative estimate of drug-likeness (QED) is 0.726. The Kier molecular flexibility index (Phi) is 5.69. The van der Waals surface area contributed by atoms with Gasteiger partial charge in [0.1, 0.15) is 5.75 Å². The van der Waals surface area contributed by atoms with Gasteiger partial charge in [-0.2, -0.15) is 0 Å². The van der Waals surface area contributed by atoms with Crippen molar-refractivity contribution < 1.29 is 14.3 Å². The lowest BCUT2D eigenvalue weighted by atomic mass is 10.1. The Balaban J connectivity index is 2.82. The summed E-state index contributed by atoms with van der Waals surface area (Å²) in [6.45, 7) is 8.20. The third kappa shape index (κ3) is 4.06. The molecule has 0 aliphatic carbocycles. The maximum absolute atomic E-state index is 11.8. The number of carbonyl (C=O) groups is 1. The molecule has 0 bridgehead atoms. The van der Waals surface area contributed by atoms with E-state index in [0.717, 1.165) is 23.3 Å². The Morgan fingerprint density at radius 1 is 1.28 bits per heavy atom. The van der Waals surface area contributed by atoms with E-state index in [1.807, 2.05) is 39.0 Å². The molecule has 1 aromatic carbocycles. The van der Waals surface area contributed by atoms with Crippen LogP contribution in [0.3, 0.4) is 0 Å². The van der Waals surface area contributed by atoms with Crippen molar-refractivity contribution in [3.8, 4) is 5.75 Å². The van der Waals surface area contributed by atoms with Crippen LogP contribution < -0.4 is 4.74 Å². The number of ether oxygens (including phenoxy) is 2. The molecule has 3 nitrogen and oxygen atoms in total. The van der Waals surface area contributed by atoms with Crippen LogP contribution in [-0.4, -0.2) is 18.7 Å². The average molecular weight is 250 g/mol. The van der Waals surface area contributed by atoms with Gasteiger partial charge in [0.2, 0.25) is 0 Å². The molecule has 0 radical (unpaired) electrons. The van der Waals surface area contributed by atoms with E-state index in [-0.39, 0.29) is 5.97 Å². The van der Waals surface area contributed by atoms with Crippen molar-refractivity contribution in [1.82, 2.24) is 0 Å². The first-order valence-electron chi connectivity index (χ1n) is 6.49. The first kappa shape index (κ1) is 14.6. The molecule has 0 saturated carbocycles. The molecule has 0 amide bonds. The van der Waals surface area contributed by atoms with Crippen molar-refractivity contribution in [1.29, 1.82) is 0 Å². The van der Waals surface area contributed by atoms with Gasteiger partial charge in [-0.3, -0.25) is 0 Å². The van der Waals surface area contributed by atoms with Crippen LogP contribution in [0.25, 0.3) is 0 Å². The first-order valence-corrected chi connectivity index (χ1v) is 6.49. The van der Waals surface area contributed by atoms with E-state index < -0.39 is 6.10 Å². The molecule has 0 saturated heterocycles. The predicted molar refractivity (Wildman–Crippen MR) is 71.9 cm³/mol. The van der Waals surface area contributed by atoms with Crippen LogP contribution >= 0.6 is 0 Å². The third-order valence-corrected chi connectivity index (χ3v) is 2.71. The first-order chi connectivity index (χ1) is 8.58. The highest BCUT2D eigenvalue weighted by Gasteiger charge is 2.21. The summed E-state index contributed by atoms with van der Waals surface area (Å²) in [6, 6.07) is 5.98. The molecule has 100 valence electrons. The van der Waals surface area contributed by atoms with Gasteiger partial charge in [0.25, 0.3) is 0 Å². The number of hydrogen-bond donors (Lipinski definition) is 0. The van der Waals surface area contributed by atoms with Gasteiger partial charge in [-0.05, 0) is 44.4 Å². The topological polar surface area (TPSA) is 35.5 Å². The summed E-state index contributed by atoms with van der Waals surface area (Å²) in [6.07, 6.45) is 1.05. The second-order valence-electron chi connectivity index (χ2n) is 4.42. The SMILES string of the molecule is CCCC(Oc1cc(C)ccc1C)C(=O)OCC. The maximum atomic E-state index is 11.8. The number of carbonyl (C=O) groups excluding carboxylic acids is 1. The molecule has 1 unspecified atom stereocenters. The van der Waals surface area contributed by atoms with Gasteiger partial charge in [0, 0.05) is 0 Å². The second kappa shape index (κ2) is 7.04. The highest BCUT2D eigenvalue weighted by molar-refractivity contribution is 5.75. The number of benzene rings is 1. The van der Waals surface area contributed by atoms with Gasteiger partial charge in [0.15, 0.2) is 6.10 Å². The fourth-order valence-electron chi connectivity index (χ4n) is 1.71. The number of esters is 1. The predicted octanol–water partition coefficient (Wildman–Crippen LogP) is 3.41. The lowest BCUT2D eigenvalue weighted by Crippen LogP contribution is -2.29. The molecule has 3 heteroatoms. The van der Waals surface area contributed by atoms with Crippen molar-refractivity contribution in [3.05, 3.63) is 29.3 Å². The summed E-state index contributed by atoms with van der Waals surface area (Å²) in [5, 5.41) is 0. The minimum atomic E-state index is -0.504. The van der Waals surface area contributed by atoms with Crippen LogP contribution in [0.15, 0.2) is 18.2 Å². The molecular formula is C15H22O3. The molecule has 0 aromatic heterocycles. The lowest BCUT2D eigenvalue weighted by Gasteiger charge is -2.18. The van der Waals surface area contributed by atoms with Gasteiger partial charge < -0.3 is 9.47 Å². The van der Waals surface area contributed by atoms with Gasteiger partial charge in [-0.1, -0.05) is 25.5 Å². The Morgan fingerprint density at radius 3 is 2.61 bits per heavy atom. The lowest BCUT2D eigenvalue weighted by molar-refractivity contribution is -0.151. The monoisotopic (exact) mass is 250 g/mol. The van der Waals surface area contributed by atoms with Crippen LogP contribution in [-0.2, 0) is 9.53 Å². The molecule has 0 spiro atoms. The molecule has 0 N–H and O–H groups in total. The van der Waals surface area contributed by atoms with E-state index in [1.54, 1.807) is 6.92 Å². The molecular weight excluding hydrogens is 228 g/mol. The fourth-order valence-corrected chi connectivity index (χ4v) is 1.71. The van der Waals surface area contributed by atoms with Gasteiger partial charge >= 0.3 is 5.97 Å². The smallest absolute Gasteiger partial charge is 0.347 e. The molecule has 1 atom stereocenters. The van der Waals surface area contributed by atoms with Crippen molar-refractivity contribution in [3.63, 3.8) is 0 Å². The summed E-state index contributed by atoms with van der Waals surface area (Å²) in [5.74, 6) is 0.488. The summed E-state index contributed by atoms with van der Waals surface area (Å²) in [5.41, 5.74) is 2.15. The normalized spacial score (nSPS) is 12.0. The Bertz CT molecular complexity index is 399. The standard InChI is InChI=1S/C15H22O3/c1-5-7-13(15(16)17-6-2)18-14-10-11(3)8-9-12(14)4/h8-10,13H,5-7H2,1-4H3. The Morgan fingerprint density at radius 2 is 2.00 bits per heavy atom. The van der Waals surface area contributed by atoms with E-state index >= 15 is 0 Å². The minimum absolute atomic E-state index is 0.278. The summed E-state index contributed by atoms with van der Waals surface area (Å²) < 4.78 is 10.8.